The molecule has 6 heteroatoms. The van der Waals surface area contributed by atoms with Crippen LogP contribution in [-0.2, 0) is 13.2 Å². The Labute approximate surface area is 153 Å². The van der Waals surface area contributed by atoms with E-state index in [-0.39, 0.29) is 12.4 Å². The molecule has 6 nitrogen and oxygen atoms in total. The van der Waals surface area contributed by atoms with Gasteiger partial charge in [-0.3, -0.25) is 9.80 Å². The van der Waals surface area contributed by atoms with E-state index in [2.05, 4.69) is 21.9 Å². The molecule has 0 saturated carbocycles. The fraction of sp³-hybridized carbons (Fsp3) is 0.450. The lowest BCUT2D eigenvalue weighted by molar-refractivity contribution is 0.0658. The van der Waals surface area contributed by atoms with Gasteiger partial charge in [-0.2, -0.15) is 0 Å². The van der Waals surface area contributed by atoms with Gasteiger partial charge in [0.2, 0.25) is 5.76 Å². The number of piperazine rings is 1. The van der Waals surface area contributed by atoms with Gasteiger partial charge in [-0.15, -0.1) is 0 Å². The second-order valence-corrected chi connectivity index (χ2v) is 7.07. The Kier molecular flexibility index (Phi) is 4.95. The average molecular weight is 356 g/mol. The van der Waals surface area contributed by atoms with Crippen molar-refractivity contribution in [2.45, 2.75) is 32.0 Å². The maximum atomic E-state index is 10.8. The van der Waals surface area contributed by atoms with E-state index in [9.17, 15) is 4.79 Å². The third-order valence-corrected chi connectivity index (χ3v) is 5.25. The molecule has 0 spiro atoms. The molecule has 26 heavy (non-hydrogen) atoms. The highest BCUT2D eigenvalue weighted by Gasteiger charge is 2.30. The minimum atomic E-state index is -1.07. The van der Waals surface area contributed by atoms with Gasteiger partial charge in [-0.1, -0.05) is 12.1 Å². The first-order valence-corrected chi connectivity index (χ1v) is 9.17. The molecule has 4 rings (SSSR count). The molecule has 0 radical (unpaired) electrons. The summed E-state index contributed by atoms with van der Waals surface area (Å²) >= 11 is 0. The van der Waals surface area contributed by atoms with Crippen LogP contribution in [0.4, 0.5) is 0 Å². The molecule has 2 saturated heterocycles. The van der Waals surface area contributed by atoms with Crippen molar-refractivity contribution in [1.82, 2.24) is 9.80 Å². The van der Waals surface area contributed by atoms with E-state index in [1.54, 1.807) is 6.07 Å². The molecule has 2 aliphatic rings. The molecule has 2 fully saturated rings. The van der Waals surface area contributed by atoms with E-state index in [0.29, 0.717) is 5.76 Å². The molecule has 0 bridgehead atoms. The zero-order valence-electron chi connectivity index (χ0n) is 14.8. The summed E-state index contributed by atoms with van der Waals surface area (Å²) in [5.41, 5.74) is 1.29. The summed E-state index contributed by atoms with van der Waals surface area (Å²) in [5, 5.41) is 8.86. The minimum absolute atomic E-state index is 0.0682. The van der Waals surface area contributed by atoms with Crippen LogP contribution >= 0.6 is 0 Å². The van der Waals surface area contributed by atoms with Gasteiger partial charge in [0, 0.05) is 32.2 Å². The highest BCUT2D eigenvalue weighted by Crippen LogP contribution is 2.23. The Hall–Kier alpha value is -2.31. The summed E-state index contributed by atoms with van der Waals surface area (Å²) in [6.45, 7) is 5.96. The van der Waals surface area contributed by atoms with Crippen LogP contribution in [-0.4, -0.2) is 53.1 Å². The van der Waals surface area contributed by atoms with Crippen molar-refractivity contribution in [1.29, 1.82) is 0 Å². The van der Waals surface area contributed by atoms with Crippen LogP contribution in [0, 0.1) is 0 Å². The predicted octanol–water partition coefficient (Wildman–Crippen LogP) is 2.84. The fourth-order valence-electron chi connectivity index (χ4n) is 3.87. The first-order chi connectivity index (χ1) is 12.7. The lowest BCUT2D eigenvalue weighted by Gasteiger charge is -2.37. The third kappa shape index (κ3) is 3.92. The van der Waals surface area contributed by atoms with Gasteiger partial charge in [-0.25, -0.2) is 4.79 Å². The number of hydrogen-bond acceptors (Lipinski definition) is 5. The number of nitrogens with zero attached hydrogens (tertiary/aromatic N) is 2. The Morgan fingerprint density at radius 3 is 2.77 bits per heavy atom. The minimum Gasteiger partial charge on any atom is -0.486 e. The first-order valence-electron chi connectivity index (χ1n) is 9.17. The van der Waals surface area contributed by atoms with Gasteiger partial charge >= 0.3 is 5.97 Å². The Bertz CT molecular complexity index is 755. The van der Waals surface area contributed by atoms with Gasteiger partial charge in [0.1, 0.15) is 18.1 Å². The number of rotatable bonds is 6. The molecule has 2 aliphatic heterocycles. The third-order valence-electron chi connectivity index (χ3n) is 5.25. The van der Waals surface area contributed by atoms with Crippen LogP contribution < -0.4 is 4.74 Å². The molecule has 1 unspecified atom stereocenters. The first kappa shape index (κ1) is 17.1. The van der Waals surface area contributed by atoms with Crippen LogP contribution in [0.15, 0.2) is 40.8 Å². The number of benzene rings is 1. The van der Waals surface area contributed by atoms with Gasteiger partial charge in [0.15, 0.2) is 0 Å². The molecule has 138 valence electrons. The zero-order valence-corrected chi connectivity index (χ0v) is 14.8. The normalized spacial score (nSPS) is 20.8. The van der Waals surface area contributed by atoms with Crippen molar-refractivity contribution in [3.63, 3.8) is 0 Å². The fourth-order valence-corrected chi connectivity index (χ4v) is 3.87. The number of furan rings is 1. The molecule has 1 aromatic heterocycles. The highest BCUT2D eigenvalue weighted by atomic mass is 16.5. The SMILES string of the molecule is O=C(O)c1ccc(COc2ccc(CN3CCN4CCCC4C3)cc2)o1. The number of carbonyl (C=O) groups is 1. The monoisotopic (exact) mass is 356 g/mol. The Morgan fingerprint density at radius 1 is 1.15 bits per heavy atom. The predicted molar refractivity (Wildman–Crippen MR) is 96.3 cm³/mol. The van der Waals surface area contributed by atoms with E-state index in [0.717, 1.165) is 24.9 Å². The largest absolute Gasteiger partial charge is 0.486 e. The highest BCUT2D eigenvalue weighted by molar-refractivity contribution is 5.84. The Morgan fingerprint density at radius 2 is 2.00 bits per heavy atom. The molecule has 0 amide bonds. The topological polar surface area (TPSA) is 66.2 Å². The summed E-state index contributed by atoms with van der Waals surface area (Å²) in [6.07, 6.45) is 2.67. The van der Waals surface area contributed by atoms with E-state index >= 15 is 0 Å². The quantitative estimate of drug-likeness (QED) is 0.859. The molecular formula is C20H24N2O4. The number of carboxylic acid groups (broad SMARTS) is 1. The molecule has 0 aliphatic carbocycles. The summed E-state index contributed by atoms with van der Waals surface area (Å²) in [4.78, 5) is 16.0. The van der Waals surface area contributed by atoms with Gasteiger partial charge in [0.05, 0.1) is 0 Å². The van der Waals surface area contributed by atoms with E-state index < -0.39 is 5.97 Å². The van der Waals surface area contributed by atoms with E-state index in [1.165, 1.54) is 44.1 Å². The maximum absolute atomic E-state index is 10.8. The maximum Gasteiger partial charge on any atom is 0.371 e. The molecule has 2 aromatic rings. The van der Waals surface area contributed by atoms with E-state index in [1.807, 2.05) is 12.1 Å². The lowest BCUT2D eigenvalue weighted by Crippen LogP contribution is -2.49. The number of ether oxygens (including phenoxy) is 1. The standard InChI is InChI=1S/C20H24N2O4/c23-20(24)19-8-7-18(26-19)14-25-17-5-3-15(4-6-17)12-21-10-11-22-9-1-2-16(22)13-21/h3-8,16H,1-2,9-14H2,(H,23,24). The van der Waals surface area contributed by atoms with Crippen molar-refractivity contribution < 1.29 is 19.1 Å². The second kappa shape index (κ2) is 7.51. The Balaban J connectivity index is 1.28. The summed E-state index contributed by atoms with van der Waals surface area (Å²) in [6, 6.07) is 11.9. The summed E-state index contributed by atoms with van der Waals surface area (Å²) < 4.78 is 10.9. The average Bonchev–Trinajstić information content (AvgIpc) is 3.30. The summed E-state index contributed by atoms with van der Waals surface area (Å²) in [7, 11) is 0. The van der Waals surface area contributed by atoms with Crippen LogP contribution in [0.25, 0.3) is 0 Å². The van der Waals surface area contributed by atoms with Gasteiger partial charge in [-0.05, 0) is 49.2 Å². The molecule has 3 heterocycles. The van der Waals surface area contributed by atoms with Crippen LogP contribution in [0.2, 0.25) is 0 Å². The van der Waals surface area contributed by atoms with Crippen molar-refractivity contribution >= 4 is 5.97 Å². The van der Waals surface area contributed by atoms with Gasteiger partial charge < -0.3 is 14.3 Å². The molecular weight excluding hydrogens is 332 g/mol. The second-order valence-electron chi connectivity index (χ2n) is 7.07. The number of hydrogen-bond donors (Lipinski definition) is 1. The zero-order chi connectivity index (χ0) is 17.9. The number of fused-ring (bicyclic) bond motifs is 1. The van der Waals surface area contributed by atoms with Crippen LogP contribution in [0.1, 0.15) is 34.7 Å². The molecule has 1 atom stereocenters. The number of carboxylic acids is 1. The van der Waals surface area contributed by atoms with Crippen molar-refractivity contribution in [2.24, 2.45) is 0 Å². The molecule has 1 aromatic carbocycles. The van der Waals surface area contributed by atoms with Crippen molar-refractivity contribution in [3.8, 4) is 5.75 Å². The van der Waals surface area contributed by atoms with Crippen molar-refractivity contribution in [2.75, 3.05) is 26.2 Å². The van der Waals surface area contributed by atoms with Crippen LogP contribution in [0.3, 0.4) is 0 Å². The summed E-state index contributed by atoms with van der Waals surface area (Å²) in [5.74, 6) is 0.115. The van der Waals surface area contributed by atoms with Crippen LogP contribution in [0.5, 0.6) is 5.75 Å². The number of aromatic carboxylic acids is 1. The smallest absolute Gasteiger partial charge is 0.371 e. The molecule has 1 N–H and O–H groups in total. The van der Waals surface area contributed by atoms with Gasteiger partial charge in [0.25, 0.3) is 0 Å². The lowest BCUT2D eigenvalue weighted by atomic mass is 10.1. The van der Waals surface area contributed by atoms with E-state index in [4.69, 9.17) is 14.3 Å². The van der Waals surface area contributed by atoms with Crippen molar-refractivity contribution in [3.05, 3.63) is 53.5 Å².